The zero-order chi connectivity index (χ0) is 15.4. The molecular formula is C17H18BrNO2. The Balaban J connectivity index is 2.06. The smallest absolute Gasteiger partial charge is 0.335 e. The van der Waals surface area contributed by atoms with Crippen LogP contribution in [0.2, 0.25) is 0 Å². The predicted octanol–water partition coefficient (Wildman–Crippen LogP) is 4.09. The quantitative estimate of drug-likeness (QED) is 0.885. The number of nitrogens with zero attached hydrogens (tertiary/aromatic N) is 1. The van der Waals surface area contributed by atoms with Gasteiger partial charge in [0, 0.05) is 17.6 Å². The monoisotopic (exact) mass is 347 g/mol. The molecule has 0 amide bonds. The second-order valence-corrected chi connectivity index (χ2v) is 6.13. The minimum absolute atomic E-state index is 0.298. The summed E-state index contributed by atoms with van der Waals surface area (Å²) in [7, 11) is 2.06. The molecule has 0 atom stereocenters. The molecule has 0 saturated heterocycles. The molecule has 0 aromatic heterocycles. The molecule has 0 unspecified atom stereocenters. The molecule has 0 saturated carbocycles. The van der Waals surface area contributed by atoms with Gasteiger partial charge in [-0.05, 0) is 37.2 Å². The first-order chi connectivity index (χ1) is 9.95. The Morgan fingerprint density at radius 3 is 2.57 bits per heavy atom. The molecule has 0 bridgehead atoms. The summed E-state index contributed by atoms with van der Waals surface area (Å²) in [5, 5.41) is 8.97. The highest BCUT2D eigenvalue weighted by Crippen LogP contribution is 2.21. The molecule has 0 fully saturated rings. The third kappa shape index (κ3) is 4.41. The van der Waals surface area contributed by atoms with Gasteiger partial charge in [-0.1, -0.05) is 51.8 Å². The molecular weight excluding hydrogens is 330 g/mol. The van der Waals surface area contributed by atoms with Crippen molar-refractivity contribution in [1.82, 2.24) is 4.90 Å². The molecule has 2 aromatic rings. The molecule has 110 valence electrons. The van der Waals surface area contributed by atoms with E-state index in [2.05, 4.69) is 59.1 Å². The fourth-order valence-electron chi connectivity index (χ4n) is 2.28. The summed E-state index contributed by atoms with van der Waals surface area (Å²) in [5.74, 6) is -0.907. The maximum absolute atomic E-state index is 10.9. The van der Waals surface area contributed by atoms with Crippen molar-refractivity contribution in [3.63, 3.8) is 0 Å². The van der Waals surface area contributed by atoms with Crippen molar-refractivity contribution in [1.29, 1.82) is 0 Å². The minimum atomic E-state index is -0.907. The summed E-state index contributed by atoms with van der Waals surface area (Å²) in [6.45, 7) is 3.70. The molecule has 2 aromatic carbocycles. The Morgan fingerprint density at radius 1 is 1.19 bits per heavy atom. The summed E-state index contributed by atoms with van der Waals surface area (Å²) in [5.41, 5.74) is 3.91. The molecule has 3 nitrogen and oxygen atoms in total. The van der Waals surface area contributed by atoms with Crippen LogP contribution in [-0.2, 0) is 13.1 Å². The molecule has 1 N–H and O–H groups in total. The van der Waals surface area contributed by atoms with E-state index in [9.17, 15) is 4.79 Å². The maximum atomic E-state index is 10.9. The average Bonchev–Trinajstić information content (AvgIpc) is 2.40. The van der Waals surface area contributed by atoms with E-state index in [4.69, 9.17) is 5.11 Å². The van der Waals surface area contributed by atoms with Gasteiger partial charge in [-0.25, -0.2) is 4.79 Å². The summed E-state index contributed by atoms with van der Waals surface area (Å²) in [6.07, 6.45) is 0. The third-order valence-corrected chi connectivity index (χ3v) is 4.01. The number of carbonyl (C=O) groups is 1. The van der Waals surface area contributed by atoms with Gasteiger partial charge < -0.3 is 5.11 Å². The van der Waals surface area contributed by atoms with Crippen molar-refractivity contribution in [3.05, 3.63) is 69.2 Å². The van der Waals surface area contributed by atoms with Gasteiger partial charge in [0.15, 0.2) is 0 Å². The lowest BCUT2D eigenvalue weighted by atomic mass is 10.1. The summed E-state index contributed by atoms with van der Waals surface area (Å²) < 4.78 is 0.832. The number of hydrogen-bond donors (Lipinski definition) is 1. The second-order valence-electron chi connectivity index (χ2n) is 5.27. The third-order valence-electron chi connectivity index (χ3n) is 3.28. The van der Waals surface area contributed by atoms with E-state index in [1.54, 1.807) is 12.1 Å². The van der Waals surface area contributed by atoms with E-state index in [1.165, 1.54) is 11.1 Å². The fraction of sp³-hybridized carbons (Fsp3) is 0.235. The Morgan fingerprint density at radius 2 is 1.95 bits per heavy atom. The standard InChI is InChI=1S/C17H18BrNO2/c1-12-4-3-5-13(8-12)10-19(2)11-15-7-6-14(17(20)21)9-16(15)18/h3-9H,10-11H2,1-2H3,(H,20,21). The molecule has 4 heteroatoms. The molecule has 21 heavy (non-hydrogen) atoms. The van der Waals surface area contributed by atoms with E-state index in [0.29, 0.717) is 5.56 Å². The fourth-order valence-corrected chi connectivity index (χ4v) is 2.78. The van der Waals surface area contributed by atoms with Gasteiger partial charge in [0.1, 0.15) is 0 Å². The number of carboxylic acid groups (broad SMARTS) is 1. The van der Waals surface area contributed by atoms with Crippen molar-refractivity contribution < 1.29 is 9.90 Å². The Bertz CT molecular complexity index is 655. The molecule has 2 rings (SSSR count). The van der Waals surface area contributed by atoms with Crippen molar-refractivity contribution in [2.24, 2.45) is 0 Å². The molecule has 0 heterocycles. The molecule has 0 radical (unpaired) electrons. The van der Waals surface area contributed by atoms with Crippen molar-refractivity contribution in [2.45, 2.75) is 20.0 Å². The van der Waals surface area contributed by atoms with Crippen molar-refractivity contribution in [2.75, 3.05) is 7.05 Å². The van der Waals surface area contributed by atoms with Crippen LogP contribution in [0.3, 0.4) is 0 Å². The van der Waals surface area contributed by atoms with Gasteiger partial charge in [-0.15, -0.1) is 0 Å². The van der Waals surface area contributed by atoms with Crippen molar-refractivity contribution in [3.8, 4) is 0 Å². The van der Waals surface area contributed by atoms with Crippen LogP contribution in [0.5, 0.6) is 0 Å². The lowest BCUT2D eigenvalue weighted by molar-refractivity contribution is 0.0697. The van der Waals surface area contributed by atoms with Crippen LogP contribution in [0.25, 0.3) is 0 Å². The zero-order valence-corrected chi connectivity index (χ0v) is 13.7. The topological polar surface area (TPSA) is 40.5 Å². The van der Waals surface area contributed by atoms with Crippen LogP contribution in [0, 0.1) is 6.92 Å². The van der Waals surface area contributed by atoms with E-state index >= 15 is 0 Å². The zero-order valence-electron chi connectivity index (χ0n) is 12.1. The number of carboxylic acids is 1. The number of halogens is 1. The molecule has 0 aliphatic carbocycles. The van der Waals surface area contributed by atoms with Crippen LogP contribution < -0.4 is 0 Å². The van der Waals surface area contributed by atoms with Crippen LogP contribution in [0.4, 0.5) is 0 Å². The Labute approximate surface area is 133 Å². The van der Waals surface area contributed by atoms with Crippen LogP contribution >= 0.6 is 15.9 Å². The average molecular weight is 348 g/mol. The van der Waals surface area contributed by atoms with E-state index < -0.39 is 5.97 Å². The van der Waals surface area contributed by atoms with Gasteiger partial charge in [0.05, 0.1) is 5.56 Å². The van der Waals surface area contributed by atoms with Gasteiger partial charge in [0.25, 0.3) is 0 Å². The van der Waals surface area contributed by atoms with Crippen LogP contribution in [0.15, 0.2) is 46.9 Å². The normalized spacial score (nSPS) is 10.9. The summed E-state index contributed by atoms with van der Waals surface area (Å²) >= 11 is 3.45. The highest BCUT2D eigenvalue weighted by Gasteiger charge is 2.09. The molecule has 0 spiro atoms. The van der Waals surface area contributed by atoms with Crippen molar-refractivity contribution >= 4 is 21.9 Å². The highest BCUT2D eigenvalue weighted by atomic mass is 79.9. The number of hydrogen-bond acceptors (Lipinski definition) is 2. The minimum Gasteiger partial charge on any atom is -0.478 e. The van der Waals surface area contributed by atoms with Gasteiger partial charge in [-0.3, -0.25) is 4.90 Å². The SMILES string of the molecule is Cc1cccc(CN(C)Cc2ccc(C(=O)O)cc2Br)c1. The summed E-state index contributed by atoms with van der Waals surface area (Å²) in [6, 6.07) is 13.6. The number of aromatic carboxylic acids is 1. The lowest BCUT2D eigenvalue weighted by Gasteiger charge is -2.18. The number of aryl methyl sites for hydroxylation is 1. The highest BCUT2D eigenvalue weighted by molar-refractivity contribution is 9.10. The second kappa shape index (κ2) is 6.87. The first kappa shape index (κ1) is 15.7. The van der Waals surface area contributed by atoms with Crippen LogP contribution in [0.1, 0.15) is 27.0 Å². The Kier molecular flexibility index (Phi) is 5.15. The molecule has 0 aliphatic rings. The first-order valence-electron chi connectivity index (χ1n) is 6.71. The number of benzene rings is 2. The Hall–Kier alpha value is -1.65. The first-order valence-corrected chi connectivity index (χ1v) is 7.51. The maximum Gasteiger partial charge on any atom is 0.335 e. The van der Waals surface area contributed by atoms with Gasteiger partial charge in [0.2, 0.25) is 0 Å². The van der Waals surface area contributed by atoms with Gasteiger partial charge in [-0.2, -0.15) is 0 Å². The van der Waals surface area contributed by atoms with E-state index in [-0.39, 0.29) is 0 Å². The largest absolute Gasteiger partial charge is 0.478 e. The number of rotatable bonds is 5. The molecule has 0 aliphatic heterocycles. The predicted molar refractivity (Wildman–Crippen MR) is 87.5 cm³/mol. The summed E-state index contributed by atoms with van der Waals surface area (Å²) in [4.78, 5) is 13.1. The van der Waals surface area contributed by atoms with E-state index in [1.807, 2.05) is 6.07 Å². The lowest BCUT2D eigenvalue weighted by Crippen LogP contribution is -2.17. The van der Waals surface area contributed by atoms with E-state index in [0.717, 1.165) is 23.1 Å². The van der Waals surface area contributed by atoms with Crippen LogP contribution in [-0.4, -0.2) is 23.0 Å². The van der Waals surface area contributed by atoms with Gasteiger partial charge >= 0.3 is 5.97 Å².